The van der Waals surface area contributed by atoms with E-state index in [-0.39, 0.29) is 12.5 Å². The van der Waals surface area contributed by atoms with Gasteiger partial charge in [0.1, 0.15) is 10.6 Å². The summed E-state index contributed by atoms with van der Waals surface area (Å²) in [6, 6.07) is 9.52. The number of thiophene rings is 1. The highest BCUT2D eigenvalue weighted by Crippen LogP contribution is 2.28. The number of benzene rings is 1. The molecule has 1 atom stereocenters. The van der Waals surface area contributed by atoms with Gasteiger partial charge in [-0.15, -0.1) is 11.3 Å². The van der Waals surface area contributed by atoms with Gasteiger partial charge in [0.15, 0.2) is 0 Å². The molecule has 0 aliphatic carbocycles. The molecular formula is C18H21NO4S. The Morgan fingerprint density at radius 2 is 2.04 bits per heavy atom. The van der Waals surface area contributed by atoms with E-state index in [4.69, 9.17) is 4.74 Å². The summed E-state index contributed by atoms with van der Waals surface area (Å²) in [6.45, 7) is 3.93. The number of nitrogens with one attached hydrogen (secondary N) is 1. The molecule has 0 bridgehead atoms. The van der Waals surface area contributed by atoms with E-state index in [9.17, 15) is 14.7 Å². The van der Waals surface area contributed by atoms with Crippen molar-refractivity contribution in [3.8, 4) is 5.75 Å². The zero-order valence-electron chi connectivity index (χ0n) is 14.0. The van der Waals surface area contributed by atoms with Crippen LogP contribution in [0.15, 0.2) is 30.3 Å². The Labute approximate surface area is 145 Å². The first-order valence-corrected chi connectivity index (χ1v) is 8.43. The van der Waals surface area contributed by atoms with Crippen molar-refractivity contribution >= 4 is 23.2 Å². The number of aryl methyl sites for hydroxylation is 2. The monoisotopic (exact) mass is 347 g/mol. The van der Waals surface area contributed by atoms with E-state index >= 15 is 0 Å². The molecule has 0 saturated heterocycles. The molecule has 1 aromatic carbocycles. The van der Waals surface area contributed by atoms with Gasteiger partial charge in [0.05, 0.1) is 13.0 Å². The summed E-state index contributed by atoms with van der Waals surface area (Å²) in [5, 5.41) is 12.1. The van der Waals surface area contributed by atoms with Gasteiger partial charge < -0.3 is 15.2 Å². The molecule has 0 aliphatic heterocycles. The van der Waals surface area contributed by atoms with Crippen molar-refractivity contribution in [3.63, 3.8) is 0 Å². The molecule has 2 aromatic rings. The Hall–Kier alpha value is -2.34. The molecule has 0 saturated carbocycles. The van der Waals surface area contributed by atoms with E-state index in [0.29, 0.717) is 17.0 Å². The van der Waals surface area contributed by atoms with E-state index in [1.165, 1.54) is 18.4 Å². The average Bonchev–Trinajstić information content (AvgIpc) is 2.92. The second-order valence-electron chi connectivity index (χ2n) is 5.69. The highest BCUT2D eigenvalue weighted by Gasteiger charge is 2.21. The first kappa shape index (κ1) is 18.0. The van der Waals surface area contributed by atoms with Gasteiger partial charge in [0, 0.05) is 11.4 Å². The minimum absolute atomic E-state index is 0.0716. The Morgan fingerprint density at radius 1 is 1.29 bits per heavy atom. The van der Waals surface area contributed by atoms with Gasteiger partial charge >= 0.3 is 5.97 Å². The smallest absolute Gasteiger partial charge is 0.308 e. The van der Waals surface area contributed by atoms with Crippen molar-refractivity contribution in [1.82, 2.24) is 5.32 Å². The van der Waals surface area contributed by atoms with Crippen LogP contribution in [0, 0.1) is 19.8 Å². The molecule has 0 aliphatic rings. The summed E-state index contributed by atoms with van der Waals surface area (Å²) in [5.41, 5.74) is 2.03. The van der Waals surface area contributed by atoms with Crippen molar-refractivity contribution in [1.29, 1.82) is 0 Å². The lowest BCUT2D eigenvalue weighted by molar-refractivity contribution is -0.141. The first-order valence-electron chi connectivity index (χ1n) is 7.61. The predicted molar refractivity (Wildman–Crippen MR) is 94.0 cm³/mol. The van der Waals surface area contributed by atoms with E-state index in [1.54, 1.807) is 6.07 Å². The van der Waals surface area contributed by atoms with E-state index in [0.717, 1.165) is 16.0 Å². The minimum atomic E-state index is -0.925. The van der Waals surface area contributed by atoms with Gasteiger partial charge in [-0.05, 0) is 31.9 Å². The van der Waals surface area contributed by atoms with Crippen molar-refractivity contribution in [2.24, 2.45) is 5.92 Å². The number of aliphatic carboxylic acids is 1. The van der Waals surface area contributed by atoms with Crippen LogP contribution >= 0.6 is 11.3 Å². The fraction of sp³-hybridized carbons (Fsp3) is 0.333. The Bertz CT molecular complexity index is 738. The highest BCUT2D eigenvalue weighted by molar-refractivity contribution is 7.14. The lowest BCUT2D eigenvalue weighted by Gasteiger charge is -2.14. The summed E-state index contributed by atoms with van der Waals surface area (Å²) in [5.74, 6) is -1.39. The van der Waals surface area contributed by atoms with E-state index in [1.807, 2.05) is 38.1 Å². The Kier molecular flexibility index (Phi) is 5.98. The number of hydrogen-bond acceptors (Lipinski definition) is 4. The van der Waals surface area contributed by atoms with Gasteiger partial charge in [-0.2, -0.15) is 0 Å². The number of hydrogen-bond donors (Lipinski definition) is 2. The molecule has 0 spiro atoms. The molecule has 1 amide bonds. The SMILES string of the molecule is COc1cc(C)sc1C(=O)NCC(Cc1cccc(C)c1)C(=O)O. The molecule has 2 N–H and O–H groups in total. The third kappa shape index (κ3) is 4.58. The molecule has 0 radical (unpaired) electrons. The van der Waals surface area contributed by atoms with E-state index < -0.39 is 11.9 Å². The maximum Gasteiger partial charge on any atom is 0.308 e. The summed E-state index contributed by atoms with van der Waals surface area (Å²) < 4.78 is 5.18. The number of amides is 1. The molecule has 1 heterocycles. The number of carbonyl (C=O) groups excluding carboxylic acids is 1. The second kappa shape index (κ2) is 7.97. The third-order valence-corrected chi connectivity index (χ3v) is 4.70. The quantitative estimate of drug-likeness (QED) is 0.807. The molecule has 6 heteroatoms. The van der Waals surface area contributed by atoms with Crippen LogP contribution in [-0.2, 0) is 11.2 Å². The normalized spacial score (nSPS) is 11.8. The maximum absolute atomic E-state index is 12.3. The lowest BCUT2D eigenvalue weighted by atomic mass is 9.98. The molecule has 1 aromatic heterocycles. The van der Waals surface area contributed by atoms with Gasteiger partial charge in [-0.3, -0.25) is 9.59 Å². The second-order valence-corrected chi connectivity index (χ2v) is 6.95. The van der Waals surface area contributed by atoms with Crippen molar-refractivity contribution in [3.05, 3.63) is 51.2 Å². The van der Waals surface area contributed by atoms with Gasteiger partial charge in [0.2, 0.25) is 0 Å². The molecule has 24 heavy (non-hydrogen) atoms. The van der Waals surface area contributed by atoms with Crippen LogP contribution in [0.5, 0.6) is 5.75 Å². The number of carboxylic acid groups (broad SMARTS) is 1. The zero-order valence-corrected chi connectivity index (χ0v) is 14.8. The first-order chi connectivity index (χ1) is 11.4. The molecule has 0 fully saturated rings. The summed E-state index contributed by atoms with van der Waals surface area (Å²) in [4.78, 5) is 25.2. The topological polar surface area (TPSA) is 75.6 Å². The number of carbonyl (C=O) groups is 2. The fourth-order valence-electron chi connectivity index (χ4n) is 2.47. The summed E-state index contributed by atoms with van der Waals surface area (Å²) >= 11 is 1.33. The van der Waals surface area contributed by atoms with Crippen molar-refractivity contribution in [2.75, 3.05) is 13.7 Å². The number of methoxy groups -OCH3 is 1. The van der Waals surface area contributed by atoms with Gasteiger partial charge in [0.25, 0.3) is 5.91 Å². The number of carboxylic acids is 1. The van der Waals surface area contributed by atoms with Crippen molar-refractivity contribution < 1.29 is 19.4 Å². The van der Waals surface area contributed by atoms with Crippen LogP contribution < -0.4 is 10.1 Å². The van der Waals surface area contributed by atoms with Crippen LogP contribution in [0.3, 0.4) is 0 Å². The fourth-order valence-corrected chi connectivity index (χ4v) is 3.36. The summed E-state index contributed by atoms with van der Waals surface area (Å²) in [7, 11) is 1.51. The molecule has 5 nitrogen and oxygen atoms in total. The van der Waals surface area contributed by atoms with Gasteiger partial charge in [-0.25, -0.2) is 0 Å². The van der Waals surface area contributed by atoms with Crippen LogP contribution in [0.2, 0.25) is 0 Å². The van der Waals surface area contributed by atoms with Crippen LogP contribution in [-0.4, -0.2) is 30.6 Å². The number of rotatable bonds is 7. The maximum atomic E-state index is 12.3. The number of ether oxygens (including phenoxy) is 1. The lowest BCUT2D eigenvalue weighted by Crippen LogP contribution is -2.33. The predicted octanol–water partition coefficient (Wildman–Crippen LogP) is 3.05. The van der Waals surface area contributed by atoms with Gasteiger partial charge in [-0.1, -0.05) is 29.8 Å². The zero-order chi connectivity index (χ0) is 17.7. The third-order valence-electron chi connectivity index (χ3n) is 3.67. The van der Waals surface area contributed by atoms with Crippen LogP contribution in [0.25, 0.3) is 0 Å². The molecule has 2 rings (SSSR count). The van der Waals surface area contributed by atoms with Crippen molar-refractivity contribution in [2.45, 2.75) is 20.3 Å². The summed E-state index contributed by atoms with van der Waals surface area (Å²) in [6.07, 6.45) is 0.373. The van der Waals surface area contributed by atoms with Crippen LogP contribution in [0.1, 0.15) is 25.7 Å². The minimum Gasteiger partial charge on any atom is -0.495 e. The molecule has 1 unspecified atom stereocenters. The standard InChI is InChI=1S/C18H21NO4S/c1-11-5-4-6-13(7-11)9-14(18(21)22)10-19-17(20)16-15(23-3)8-12(2)24-16/h4-8,14H,9-10H2,1-3H3,(H,19,20)(H,21,22). The largest absolute Gasteiger partial charge is 0.495 e. The Morgan fingerprint density at radius 3 is 2.67 bits per heavy atom. The van der Waals surface area contributed by atoms with Crippen LogP contribution in [0.4, 0.5) is 0 Å². The highest BCUT2D eigenvalue weighted by atomic mass is 32.1. The Balaban J connectivity index is 2.03. The average molecular weight is 347 g/mol. The molecule has 128 valence electrons. The van der Waals surface area contributed by atoms with E-state index in [2.05, 4.69) is 5.32 Å². The molecular weight excluding hydrogens is 326 g/mol.